The third kappa shape index (κ3) is 2.73. The molecule has 0 aromatic carbocycles. The van der Waals surface area contributed by atoms with E-state index in [1.54, 1.807) is 6.92 Å². The number of ketones is 1. The third-order valence-corrected chi connectivity index (χ3v) is 10.4. The van der Waals surface area contributed by atoms with Crippen LogP contribution in [-0.4, -0.2) is 36.9 Å². The van der Waals surface area contributed by atoms with Gasteiger partial charge in [-0.2, -0.15) is 0 Å². The van der Waals surface area contributed by atoms with Crippen LogP contribution < -0.4 is 0 Å². The number of esters is 1. The fourth-order valence-corrected chi connectivity index (χ4v) is 9.04. The molecule has 0 radical (unpaired) electrons. The Labute approximate surface area is 180 Å². The molecule has 5 fully saturated rings. The number of Topliss-reactive ketones (excluding diaryl/α,β-unsaturated/α-hetero) is 1. The van der Waals surface area contributed by atoms with Crippen LogP contribution in [0, 0.1) is 40.4 Å². The van der Waals surface area contributed by atoms with Gasteiger partial charge in [0, 0.05) is 24.7 Å². The molecule has 4 saturated carbocycles. The molecule has 1 aliphatic heterocycles. The highest BCUT2D eigenvalue weighted by atomic mass is 16.7. The van der Waals surface area contributed by atoms with E-state index in [9.17, 15) is 9.59 Å². The van der Waals surface area contributed by atoms with E-state index >= 15 is 0 Å². The Morgan fingerprint density at radius 2 is 1.67 bits per heavy atom. The molecule has 5 aliphatic rings. The van der Waals surface area contributed by atoms with Gasteiger partial charge in [-0.1, -0.05) is 13.8 Å². The van der Waals surface area contributed by atoms with Gasteiger partial charge in [0.2, 0.25) is 0 Å². The number of ether oxygens (including phenoxy) is 3. The van der Waals surface area contributed by atoms with Crippen molar-refractivity contribution in [2.45, 2.75) is 91.0 Å². The Hall–Kier alpha value is -0.940. The Morgan fingerprint density at radius 3 is 2.33 bits per heavy atom. The van der Waals surface area contributed by atoms with E-state index in [4.69, 9.17) is 14.2 Å². The van der Waals surface area contributed by atoms with Crippen LogP contribution in [0.3, 0.4) is 0 Å². The van der Waals surface area contributed by atoms with Crippen molar-refractivity contribution in [1.29, 1.82) is 0 Å². The van der Waals surface area contributed by atoms with E-state index < -0.39 is 5.79 Å². The van der Waals surface area contributed by atoms with Crippen LogP contribution in [0.1, 0.15) is 79.1 Å². The van der Waals surface area contributed by atoms with Gasteiger partial charge >= 0.3 is 5.97 Å². The highest BCUT2D eigenvalue weighted by Gasteiger charge is 2.71. The average molecular weight is 419 g/mol. The van der Waals surface area contributed by atoms with Gasteiger partial charge in [-0.3, -0.25) is 9.59 Å². The largest absolute Gasteiger partial charge is 0.463 e. The number of hydrogen-bond acceptors (Lipinski definition) is 5. The molecule has 5 rings (SSSR count). The van der Waals surface area contributed by atoms with E-state index in [2.05, 4.69) is 13.8 Å². The van der Waals surface area contributed by atoms with Crippen LogP contribution in [0.25, 0.3) is 0 Å². The highest BCUT2D eigenvalue weighted by Crippen LogP contribution is 2.71. The summed E-state index contributed by atoms with van der Waals surface area (Å²) in [5.74, 6) is 1.87. The number of fused-ring (bicyclic) bond motifs is 6. The predicted molar refractivity (Wildman–Crippen MR) is 111 cm³/mol. The smallest absolute Gasteiger partial charge is 0.302 e. The maximum atomic E-state index is 12.7. The summed E-state index contributed by atoms with van der Waals surface area (Å²) >= 11 is 0. The zero-order valence-electron chi connectivity index (χ0n) is 19.1. The van der Waals surface area contributed by atoms with E-state index in [1.807, 2.05) is 0 Å². The first-order valence-corrected chi connectivity index (χ1v) is 12.2. The topological polar surface area (TPSA) is 61.8 Å². The summed E-state index contributed by atoms with van der Waals surface area (Å²) in [4.78, 5) is 24.2. The molecule has 30 heavy (non-hydrogen) atoms. The standard InChI is InChI=1S/C25H38O5/c1-15(26)20-7-8-21-19-6-5-17-13-18(30-16(2)27)9-10-23(17,3)22(19)14-25(24(20,21)4)28-11-12-29-25/h17-22H,5-14H2,1-4H3/t17-,18-,19?,20+,21?,22?,23-,24+/m0/s1. The molecule has 0 amide bonds. The molecule has 168 valence electrons. The lowest BCUT2D eigenvalue weighted by molar-refractivity contribution is -0.308. The molecule has 1 heterocycles. The van der Waals surface area contributed by atoms with Gasteiger partial charge in [0.1, 0.15) is 11.9 Å². The van der Waals surface area contributed by atoms with Crippen molar-refractivity contribution >= 4 is 11.8 Å². The number of carbonyl (C=O) groups is 2. The van der Waals surface area contributed by atoms with E-state index in [0.29, 0.717) is 42.7 Å². The Bertz CT molecular complexity index is 727. The van der Waals surface area contributed by atoms with Crippen molar-refractivity contribution < 1.29 is 23.8 Å². The summed E-state index contributed by atoms with van der Waals surface area (Å²) in [6.07, 6.45) is 8.57. The van der Waals surface area contributed by atoms with Crippen molar-refractivity contribution in [2.24, 2.45) is 40.4 Å². The molecule has 4 aliphatic carbocycles. The second-order valence-electron chi connectivity index (χ2n) is 11.3. The van der Waals surface area contributed by atoms with Gasteiger partial charge in [0.05, 0.1) is 13.2 Å². The molecule has 1 spiro atoms. The minimum Gasteiger partial charge on any atom is -0.463 e. The molecule has 0 aromatic heterocycles. The quantitative estimate of drug-likeness (QED) is 0.617. The van der Waals surface area contributed by atoms with Crippen molar-refractivity contribution in [3.8, 4) is 0 Å². The summed E-state index contributed by atoms with van der Waals surface area (Å²) in [5, 5.41) is 0. The lowest BCUT2D eigenvalue weighted by Gasteiger charge is -2.64. The van der Waals surface area contributed by atoms with Gasteiger partial charge in [0.25, 0.3) is 0 Å². The number of carbonyl (C=O) groups excluding carboxylic acids is 2. The Balaban J connectivity index is 1.48. The molecule has 1 saturated heterocycles. The fraction of sp³-hybridized carbons (Fsp3) is 0.920. The number of rotatable bonds is 2. The zero-order chi connectivity index (χ0) is 21.3. The Morgan fingerprint density at radius 1 is 0.933 bits per heavy atom. The summed E-state index contributed by atoms with van der Waals surface area (Å²) < 4.78 is 18.6. The molecular weight excluding hydrogens is 380 g/mol. The Kier molecular flexibility index (Phi) is 4.91. The van der Waals surface area contributed by atoms with Gasteiger partial charge in [0.15, 0.2) is 5.79 Å². The minimum atomic E-state index is -0.608. The van der Waals surface area contributed by atoms with Crippen LogP contribution in [0.15, 0.2) is 0 Å². The summed E-state index contributed by atoms with van der Waals surface area (Å²) in [7, 11) is 0. The maximum absolute atomic E-state index is 12.7. The molecule has 0 N–H and O–H groups in total. The summed E-state index contributed by atoms with van der Waals surface area (Å²) in [5.41, 5.74) is 0.0200. The molecule has 5 nitrogen and oxygen atoms in total. The van der Waals surface area contributed by atoms with Crippen LogP contribution in [0.2, 0.25) is 0 Å². The van der Waals surface area contributed by atoms with Crippen LogP contribution in [0.4, 0.5) is 0 Å². The molecule has 0 bridgehead atoms. The highest BCUT2D eigenvalue weighted by molar-refractivity contribution is 5.80. The second-order valence-corrected chi connectivity index (χ2v) is 11.3. The predicted octanol–water partition coefficient (Wildman–Crippen LogP) is 4.52. The van der Waals surface area contributed by atoms with Gasteiger partial charge in [-0.25, -0.2) is 0 Å². The summed E-state index contributed by atoms with van der Waals surface area (Å²) in [6.45, 7) is 9.36. The first kappa shape index (κ1) is 20.9. The van der Waals surface area contributed by atoms with Crippen molar-refractivity contribution in [3.63, 3.8) is 0 Å². The van der Waals surface area contributed by atoms with Crippen molar-refractivity contribution in [3.05, 3.63) is 0 Å². The number of hydrogen-bond donors (Lipinski definition) is 0. The molecule has 5 heteroatoms. The van der Waals surface area contributed by atoms with E-state index in [1.165, 1.54) is 19.8 Å². The molecule has 0 aromatic rings. The third-order valence-electron chi connectivity index (χ3n) is 10.4. The normalized spacial score (nSPS) is 49.2. The van der Waals surface area contributed by atoms with Crippen LogP contribution >= 0.6 is 0 Å². The molecule has 8 atom stereocenters. The summed E-state index contributed by atoms with van der Waals surface area (Å²) in [6, 6.07) is 0. The molecular formula is C25H38O5. The van der Waals surface area contributed by atoms with Gasteiger partial charge < -0.3 is 14.2 Å². The lowest BCUT2D eigenvalue weighted by atomic mass is 9.43. The minimum absolute atomic E-state index is 0.0479. The fourth-order valence-electron chi connectivity index (χ4n) is 9.04. The van der Waals surface area contributed by atoms with Gasteiger partial charge in [-0.05, 0) is 81.0 Å². The van der Waals surface area contributed by atoms with Crippen LogP contribution in [0.5, 0.6) is 0 Å². The first-order chi connectivity index (χ1) is 14.2. The maximum Gasteiger partial charge on any atom is 0.302 e. The first-order valence-electron chi connectivity index (χ1n) is 12.2. The average Bonchev–Trinajstić information content (AvgIpc) is 3.29. The van der Waals surface area contributed by atoms with Crippen molar-refractivity contribution in [1.82, 2.24) is 0 Å². The molecule has 3 unspecified atom stereocenters. The van der Waals surface area contributed by atoms with Crippen molar-refractivity contribution in [2.75, 3.05) is 13.2 Å². The van der Waals surface area contributed by atoms with E-state index in [0.717, 1.165) is 38.5 Å². The second kappa shape index (κ2) is 7.03. The van der Waals surface area contributed by atoms with E-state index in [-0.39, 0.29) is 28.8 Å². The zero-order valence-corrected chi connectivity index (χ0v) is 19.1. The monoisotopic (exact) mass is 418 g/mol. The van der Waals surface area contributed by atoms with Crippen LogP contribution in [-0.2, 0) is 23.8 Å². The SMILES string of the molecule is CC(=O)O[C@H]1CC[C@]2(C)C3CC4(OCCO4)[C@@]4(C)C(CC[C@@H]4C(C)=O)C3CC[C@H]2C1. The lowest BCUT2D eigenvalue weighted by Crippen LogP contribution is -2.65. The van der Waals surface area contributed by atoms with Gasteiger partial charge in [-0.15, -0.1) is 0 Å².